The number of rotatable bonds is 4. The van der Waals surface area contributed by atoms with E-state index in [2.05, 4.69) is 40.2 Å². The molecule has 1 aliphatic heterocycles. The summed E-state index contributed by atoms with van der Waals surface area (Å²) in [4.78, 5) is 40.8. The number of nitrogens with zero attached hydrogens (tertiary/aromatic N) is 1. The number of hydrogen-bond acceptors (Lipinski definition) is 4. The number of benzene rings is 3. The van der Waals surface area contributed by atoms with E-state index in [0.29, 0.717) is 10.0 Å². The Morgan fingerprint density at radius 2 is 1.24 bits per heavy atom. The SMILES string of the molecule is O=C(OCCN1C(=O)C2C(C1=O)C13c4ccccc4C21c1ccccc13)c1ccccc1Br. The van der Waals surface area contributed by atoms with E-state index >= 15 is 0 Å². The number of hydrogen-bond donors (Lipinski definition) is 0. The molecule has 3 aromatic rings. The number of carbonyl (C=O) groups is 3. The number of fused-ring (bicyclic) bond motifs is 3. The Morgan fingerprint density at radius 1 is 0.788 bits per heavy atom. The lowest BCUT2D eigenvalue weighted by Gasteiger charge is -2.80. The van der Waals surface area contributed by atoms with E-state index < -0.39 is 16.8 Å². The van der Waals surface area contributed by atoms with Crippen LogP contribution in [0.1, 0.15) is 32.6 Å². The van der Waals surface area contributed by atoms with E-state index in [1.807, 2.05) is 30.3 Å². The summed E-state index contributed by atoms with van der Waals surface area (Å²) in [5.41, 5.74) is 4.33. The molecule has 3 aromatic carbocycles. The first-order valence-electron chi connectivity index (χ1n) is 11.0. The third-order valence-corrected chi connectivity index (χ3v) is 8.84. The molecule has 2 amide bonds. The largest absolute Gasteiger partial charge is 0.460 e. The van der Waals surface area contributed by atoms with Crippen molar-refractivity contribution in [3.63, 3.8) is 0 Å². The smallest absolute Gasteiger partial charge is 0.339 e. The molecule has 1 heterocycles. The molecule has 0 radical (unpaired) electrons. The van der Waals surface area contributed by atoms with Gasteiger partial charge in [0.1, 0.15) is 6.61 Å². The van der Waals surface area contributed by atoms with Crippen LogP contribution in [0.5, 0.6) is 0 Å². The van der Waals surface area contributed by atoms with Crippen molar-refractivity contribution in [3.8, 4) is 0 Å². The number of imide groups is 1. The fourth-order valence-electron chi connectivity index (χ4n) is 7.18. The van der Waals surface area contributed by atoms with Crippen molar-refractivity contribution in [1.29, 1.82) is 0 Å². The molecule has 0 N–H and O–H groups in total. The molecule has 2 atom stereocenters. The van der Waals surface area contributed by atoms with Crippen molar-refractivity contribution >= 4 is 33.7 Å². The zero-order valence-corrected chi connectivity index (χ0v) is 19.0. The number of amides is 2. The zero-order chi connectivity index (χ0) is 22.5. The molecule has 3 aliphatic carbocycles. The minimum atomic E-state index is -0.485. The second-order valence-corrected chi connectivity index (χ2v) is 9.96. The fourth-order valence-corrected chi connectivity index (χ4v) is 7.62. The van der Waals surface area contributed by atoms with Gasteiger partial charge in [0.25, 0.3) is 0 Å². The number of esters is 1. The second kappa shape index (κ2) is 6.20. The third kappa shape index (κ3) is 1.87. The molecule has 5 nitrogen and oxygen atoms in total. The summed E-state index contributed by atoms with van der Waals surface area (Å²) in [7, 11) is 0. The summed E-state index contributed by atoms with van der Waals surface area (Å²) in [5, 5.41) is 0. The average Bonchev–Trinajstić information content (AvgIpc) is 3.04. The highest BCUT2D eigenvalue weighted by Crippen LogP contribution is 2.86. The summed E-state index contributed by atoms with van der Waals surface area (Å²) >= 11 is 3.35. The summed E-state index contributed by atoms with van der Waals surface area (Å²) in [6.07, 6.45) is 0. The second-order valence-electron chi connectivity index (χ2n) is 9.11. The molecule has 1 saturated carbocycles. The Kier molecular flexibility index (Phi) is 3.62. The molecule has 0 spiro atoms. The summed E-state index contributed by atoms with van der Waals surface area (Å²) in [5.74, 6) is -1.55. The minimum absolute atomic E-state index is 0.0308. The van der Waals surface area contributed by atoms with Gasteiger partial charge < -0.3 is 4.74 Å². The zero-order valence-electron chi connectivity index (χ0n) is 17.5. The van der Waals surface area contributed by atoms with Crippen LogP contribution in [0.4, 0.5) is 0 Å². The molecule has 162 valence electrons. The monoisotopic (exact) mass is 499 g/mol. The Bertz CT molecular complexity index is 1290. The van der Waals surface area contributed by atoms with Crippen molar-refractivity contribution in [2.45, 2.75) is 10.8 Å². The van der Waals surface area contributed by atoms with Gasteiger partial charge in [-0.25, -0.2) is 4.79 Å². The molecule has 2 unspecified atom stereocenters. The summed E-state index contributed by atoms with van der Waals surface area (Å²) < 4.78 is 6.04. The van der Waals surface area contributed by atoms with Gasteiger partial charge in [-0.1, -0.05) is 60.7 Å². The standard InChI is InChI=1S/C27H18BrNO4/c28-20-12-6-1-7-15(20)25(32)33-14-13-29-23(30)21-22(24(29)31)27-17-9-3-2-8-16(17)26(21,27)18-10-4-5-11-19(18)27/h1-12,21-22H,13-14H2. The topological polar surface area (TPSA) is 63.7 Å². The molecule has 4 aliphatic rings. The first-order valence-corrected chi connectivity index (χ1v) is 11.8. The Morgan fingerprint density at radius 3 is 1.73 bits per heavy atom. The first kappa shape index (κ1) is 19.2. The number of halogens is 1. The van der Waals surface area contributed by atoms with Gasteiger partial charge in [0, 0.05) is 15.3 Å². The lowest BCUT2D eigenvalue weighted by atomic mass is 9.18. The van der Waals surface area contributed by atoms with Gasteiger partial charge >= 0.3 is 5.97 Å². The van der Waals surface area contributed by atoms with Crippen molar-refractivity contribution in [3.05, 3.63) is 105 Å². The highest BCUT2D eigenvalue weighted by molar-refractivity contribution is 9.10. The fraction of sp³-hybridized carbons (Fsp3) is 0.222. The molecule has 6 heteroatoms. The van der Waals surface area contributed by atoms with Gasteiger partial charge in [0.15, 0.2) is 0 Å². The van der Waals surface area contributed by atoms with Crippen LogP contribution >= 0.6 is 15.9 Å². The molecule has 7 rings (SSSR count). The van der Waals surface area contributed by atoms with Crippen LogP contribution < -0.4 is 0 Å². The lowest BCUT2D eigenvalue weighted by molar-refractivity contribution is -0.150. The third-order valence-electron chi connectivity index (χ3n) is 8.15. The number of ether oxygens (including phenoxy) is 1. The van der Waals surface area contributed by atoms with Gasteiger partial charge in [-0.05, 0) is 50.3 Å². The molecule has 0 aromatic heterocycles. The van der Waals surface area contributed by atoms with E-state index in [1.165, 1.54) is 27.2 Å². The lowest BCUT2D eigenvalue weighted by Crippen LogP contribution is -2.84. The molecule has 33 heavy (non-hydrogen) atoms. The average molecular weight is 500 g/mol. The van der Waals surface area contributed by atoms with Crippen molar-refractivity contribution in [2.75, 3.05) is 13.2 Å². The Labute approximate surface area is 198 Å². The molecular formula is C27H18BrNO4. The van der Waals surface area contributed by atoms with Crippen LogP contribution in [-0.2, 0) is 25.2 Å². The van der Waals surface area contributed by atoms with Crippen LogP contribution in [0.15, 0.2) is 77.3 Å². The predicted molar refractivity (Wildman–Crippen MR) is 123 cm³/mol. The maximum atomic E-state index is 13.5. The van der Waals surface area contributed by atoms with Crippen LogP contribution in [0, 0.1) is 11.8 Å². The van der Waals surface area contributed by atoms with E-state index in [0.717, 1.165) is 0 Å². The van der Waals surface area contributed by atoms with Crippen LogP contribution in [0.3, 0.4) is 0 Å². The highest BCUT2D eigenvalue weighted by atomic mass is 79.9. The minimum Gasteiger partial charge on any atom is -0.460 e. The van der Waals surface area contributed by atoms with Gasteiger partial charge in [-0.3, -0.25) is 14.5 Å². The maximum absolute atomic E-state index is 13.5. The highest BCUT2D eigenvalue weighted by Gasteiger charge is 2.91. The van der Waals surface area contributed by atoms with Crippen LogP contribution in [-0.4, -0.2) is 35.8 Å². The van der Waals surface area contributed by atoms with Gasteiger partial charge in [-0.15, -0.1) is 0 Å². The van der Waals surface area contributed by atoms with Crippen LogP contribution in [0.2, 0.25) is 0 Å². The predicted octanol–water partition coefficient (Wildman–Crippen LogP) is 3.82. The van der Waals surface area contributed by atoms with E-state index in [4.69, 9.17) is 4.74 Å². The summed E-state index contributed by atoms with van der Waals surface area (Å²) in [6, 6.07) is 23.4. The maximum Gasteiger partial charge on any atom is 0.339 e. The number of likely N-dealkylation sites (tertiary alicyclic amines) is 1. The normalized spacial score (nSPS) is 29.4. The number of carbonyl (C=O) groups excluding carboxylic acids is 3. The van der Waals surface area contributed by atoms with Crippen LogP contribution in [0.25, 0.3) is 0 Å². The first-order chi connectivity index (χ1) is 16.1. The van der Waals surface area contributed by atoms with Crippen molar-refractivity contribution in [2.24, 2.45) is 11.8 Å². The Balaban J connectivity index is 1.18. The van der Waals surface area contributed by atoms with Gasteiger partial charge in [0.05, 0.1) is 23.9 Å². The van der Waals surface area contributed by atoms with Gasteiger partial charge in [0.2, 0.25) is 11.8 Å². The van der Waals surface area contributed by atoms with Gasteiger partial charge in [-0.2, -0.15) is 0 Å². The van der Waals surface area contributed by atoms with E-state index in [-0.39, 0.29) is 36.8 Å². The molecule has 0 bridgehead atoms. The molecular weight excluding hydrogens is 482 g/mol. The molecule has 2 fully saturated rings. The molecule has 1 saturated heterocycles. The van der Waals surface area contributed by atoms with Crippen molar-refractivity contribution < 1.29 is 19.1 Å². The quantitative estimate of drug-likeness (QED) is 0.404. The summed E-state index contributed by atoms with van der Waals surface area (Å²) in [6.45, 7) is 0.0384. The Hall–Kier alpha value is -3.25. The van der Waals surface area contributed by atoms with E-state index in [1.54, 1.807) is 18.2 Å². The van der Waals surface area contributed by atoms with E-state index in [9.17, 15) is 14.4 Å². The van der Waals surface area contributed by atoms with Crippen molar-refractivity contribution in [1.82, 2.24) is 4.90 Å².